The molecule has 1 amide bonds. The molecule has 3 rings (SSSR count). The van der Waals surface area contributed by atoms with Crippen molar-refractivity contribution in [2.45, 2.75) is 13.0 Å². The minimum absolute atomic E-state index is 0.0701. The Hall–Kier alpha value is -3.22. The Balaban J connectivity index is 1.42. The van der Waals surface area contributed by atoms with E-state index in [1.807, 2.05) is 24.3 Å². The first-order valence-corrected chi connectivity index (χ1v) is 8.23. The highest BCUT2D eigenvalue weighted by Crippen LogP contribution is 2.32. The van der Waals surface area contributed by atoms with Crippen LogP contribution in [0.4, 0.5) is 5.69 Å². The van der Waals surface area contributed by atoms with Gasteiger partial charge in [-0.05, 0) is 35.9 Å². The van der Waals surface area contributed by atoms with E-state index in [1.165, 1.54) is 7.11 Å². The lowest BCUT2D eigenvalue weighted by atomic mass is 10.2. The highest BCUT2D eigenvalue weighted by atomic mass is 16.7. The van der Waals surface area contributed by atoms with Gasteiger partial charge < -0.3 is 24.8 Å². The number of anilines is 1. The first-order chi connectivity index (χ1) is 12.7. The quantitative estimate of drug-likeness (QED) is 0.741. The molecular formula is C19H20N2O5. The summed E-state index contributed by atoms with van der Waals surface area (Å²) < 4.78 is 15.3. The fraction of sp³-hybridized carbons (Fsp3) is 0.263. The van der Waals surface area contributed by atoms with Crippen LogP contribution in [0.2, 0.25) is 0 Å². The average Bonchev–Trinajstić information content (AvgIpc) is 3.14. The molecule has 2 aromatic carbocycles. The zero-order chi connectivity index (χ0) is 18.4. The molecule has 0 radical (unpaired) electrons. The number of rotatable bonds is 7. The lowest BCUT2D eigenvalue weighted by molar-refractivity contribution is -0.121. The minimum Gasteiger partial charge on any atom is -0.465 e. The topological polar surface area (TPSA) is 85.9 Å². The highest BCUT2D eigenvalue weighted by molar-refractivity contribution is 5.90. The van der Waals surface area contributed by atoms with E-state index >= 15 is 0 Å². The van der Waals surface area contributed by atoms with Crippen LogP contribution in [0.5, 0.6) is 11.5 Å². The SMILES string of the molecule is COC(=O)c1cccc(NCCC(=O)NCc2ccc3c(c2)OCO3)c1. The van der Waals surface area contributed by atoms with Gasteiger partial charge in [0.15, 0.2) is 11.5 Å². The lowest BCUT2D eigenvalue weighted by Crippen LogP contribution is -2.24. The number of carbonyl (C=O) groups is 2. The number of amides is 1. The van der Waals surface area contributed by atoms with E-state index in [0.717, 1.165) is 17.0 Å². The van der Waals surface area contributed by atoms with Crippen molar-refractivity contribution in [2.24, 2.45) is 0 Å². The van der Waals surface area contributed by atoms with Crippen molar-refractivity contribution in [1.82, 2.24) is 5.32 Å². The number of benzene rings is 2. The molecule has 2 N–H and O–H groups in total. The average molecular weight is 356 g/mol. The fourth-order valence-corrected chi connectivity index (χ4v) is 2.53. The molecule has 7 nitrogen and oxygen atoms in total. The van der Waals surface area contributed by atoms with Gasteiger partial charge in [0, 0.05) is 25.2 Å². The Morgan fingerprint density at radius 2 is 1.96 bits per heavy atom. The van der Waals surface area contributed by atoms with Gasteiger partial charge in [0.05, 0.1) is 12.7 Å². The molecule has 1 aliphatic heterocycles. The van der Waals surface area contributed by atoms with E-state index in [1.54, 1.807) is 18.2 Å². The molecule has 1 heterocycles. The van der Waals surface area contributed by atoms with Gasteiger partial charge in [0.1, 0.15) is 0 Å². The van der Waals surface area contributed by atoms with E-state index < -0.39 is 5.97 Å². The van der Waals surface area contributed by atoms with Crippen molar-refractivity contribution >= 4 is 17.6 Å². The highest BCUT2D eigenvalue weighted by Gasteiger charge is 2.13. The van der Waals surface area contributed by atoms with Gasteiger partial charge >= 0.3 is 5.97 Å². The Kier molecular flexibility index (Phi) is 5.58. The van der Waals surface area contributed by atoms with E-state index in [2.05, 4.69) is 15.4 Å². The lowest BCUT2D eigenvalue weighted by Gasteiger charge is -2.09. The largest absolute Gasteiger partial charge is 0.465 e. The van der Waals surface area contributed by atoms with Gasteiger partial charge in [-0.2, -0.15) is 0 Å². The smallest absolute Gasteiger partial charge is 0.337 e. The molecule has 2 aromatic rings. The number of ether oxygens (including phenoxy) is 3. The molecule has 0 aromatic heterocycles. The second kappa shape index (κ2) is 8.24. The molecule has 0 fully saturated rings. The van der Waals surface area contributed by atoms with Crippen molar-refractivity contribution in [3.05, 3.63) is 53.6 Å². The van der Waals surface area contributed by atoms with E-state index in [-0.39, 0.29) is 12.7 Å². The fourth-order valence-electron chi connectivity index (χ4n) is 2.53. The maximum atomic E-state index is 12.0. The minimum atomic E-state index is -0.393. The van der Waals surface area contributed by atoms with Crippen molar-refractivity contribution in [3.63, 3.8) is 0 Å². The molecule has 26 heavy (non-hydrogen) atoms. The molecule has 7 heteroatoms. The van der Waals surface area contributed by atoms with Crippen LogP contribution < -0.4 is 20.1 Å². The summed E-state index contributed by atoms with van der Waals surface area (Å²) in [6.45, 7) is 1.11. The Morgan fingerprint density at radius 1 is 1.12 bits per heavy atom. The van der Waals surface area contributed by atoms with Gasteiger partial charge in [-0.15, -0.1) is 0 Å². The second-order valence-corrected chi connectivity index (χ2v) is 5.71. The maximum Gasteiger partial charge on any atom is 0.337 e. The van der Waals surface area contributed by atoms with Crippen LogP contribution in [0.25, 0.3) is 0 Å². The third-order valence-electron chi connectivity index (χ3n) is 3.89. The summed E-state index contributed by atoms with van der Waals surface area (Å²) >= 11 is 0. The third-order valence-corrected chi connectivity index (χ3v) is 3.89. The van der Waals surface area contributed by atoms with Crippen LogP contribution in [0, 0.1) is 0 Å². The van der Waals surface area contributed by atoms with Crippen molar-refractivity contribution in [1.29, 1.82) is 0 Å². The number of hydrogen-bond acceptors (Lipinski definition) is 6. The summed E-state index contributed by atoms with van der Waals surface area (Å²) in [6.07, 6.45) is 0.313. The molecule has 0 saturated heterocycles. The van der Waals surface area contributed by atoms with E-state index in [9.17, 15) is 9.59 Å². The molecule has 0 bridgehead atoms. The summed E-state index contributed by atoms with van der Waals surface area (Å²) in [7, 11) is 1.34. The van der Waals surface area contributed by atoms with Crippen LogP contribution in [-0.4, -0.2) is 32.3 Å². The standard InChI is InChI=1S/C19H20N2O5/c1-24-19(23)14-3-2-4-15(10-14)20-8-7-18(22)21-11-13-5-6-16-17(9-13)26-12-25-16/h2-6,9-10,20H,7-8,11-12H2,1H3,(H,21,22). The molecule has 0 saturated carbocycles. The van der Waals surface area contributed by atoms with Crippen molar-refractivity contribution < 1.29 is 23.8 Å². The summed E-state index contributed by atoms with van der Waals surface area (Å²) in [5.41, 5.74) is 2.17. The molecule has 0 unspecified atom stereocenters. The Bertz CT molecular complexity index is 806. The van der Waals surface area contributed by atoms with Crippen LogP contribution in [0.3, 0.4) is 0 Å². The summed E-state index contributed by atoms with van der Waals surface area (Å²) in [5, 5.41) is 5.99. The molecule has 0 atom stereocenters. The van der Waals surface area contributed by atoms with E-state index in [0.29, 0.717) is 30.8 Å². The number of methoxy groups -OCH3 is 1. The van der Waals surface area contributed by atoms with Crippen molar-refractivity contribution in [2.75, 3.05) is 25.8 Å². The molecular weight excluding hydrogens is 336 g/mol. The Labute approximate surface area is 151 Å². The number of carbonyl (C=O) groups excluding carboxylic acids is 2. The van der Waals surface area contributed by atoms with Gasteiger partial charge in [0.25, 0.3) is 0 Å². The molecule has 1 aliphatic rings. The van der Waals surface area contributed by atoms with Crippen LogP contribution in [0.15, 0.2) is 42.5 Å². The van der Waals surface area contributed by atoms with Gasteiger partial charge in [-0.3, -0.25) is 4.79 Å². The number of hydrogen-bond donors (Lipinski definition) is 2. The van der Waals surface area contributed by atoms with Crippen LogP contribution in [0.1, 0.15) is 22.3 Å². The van der Waals surface area contributed by atoms with Crippen LogP contribution in [-0.2, 0) is 16.1 Å². The summed E-state index contributed by atoms with van der Waals surface area (Å²) in [5.74, 6) is 0.955. The third kappa shape index (κ3) is 4.44. The summed E-state index contributed by atoms with van der Waals surface area (Å²) in [4.78, 5) is 23.5. The first-order valence-electron chi connectivity index (χ1n) is 8.23. The monoisotopic (exact) mass is 356 g/mol. The van der Waals surface area contributed by atoms with Gasteiger partial charge in [-0.25, -0.2) is 4.79 Å². The Morgan fingerprint density at radius 3 is 2.81 bits per heavy atom. The van der Waals surface area contributed by atoms with Crippen molar-refractivity contribution in [3.8, 4) is 11.5 Å². The van der Waals surface area contributed by atoms with Gasteiger partial charge in [0.2, 0.25) is 12.7 Å². The summed E-state index contributed by atoms with van der Waals surface area (Å²) in [6, 6.07) is 12.5. The normalized spacial score (nSPS) is 11.7. The number of nitrogens with one attached hydrogen (secondary N) is 2. The zero-order valence-corrected chi connectivity index (χ0v) is 14.4. The maximum absolute atomic E-state index is 12.0. The van der Waals surface area contributed by atoms with Gasteiger partial charge in [-0.1, -0.05) is 12.1 Å². The van der Waals surface area contributed by atoms with E-state index in [4.69, 9.17) is 9.47 Å². The zero-order valence-electron chi connectivity index (χ0n) is 14.4. The van der Waals surface area contributed by atoms with Crippen LogP contribution >= 0.6 is 0 Å². The molecule has 0 spiro atoms. The predicted molar refractivity (Wildman–Crippen MR) is 95.3 cm³/mol. The number of esters is 1. The molecule has 136 valence electrons. The molecule has 0 aliphatic carbocycles. The second-order valence-electron chi connectivity index (χ2n) is 5.71. The number of fused-ring (bicyclic) bond motifs is 1. The first kappa shape index (κ1) is 17.6. The predicted octanol–water partition coefficient (Wildman–Crippen LogP) is 2.32.